The zero-order valence-corrected chi connectivity index (χ0v) is 8.04. The summed E-state index contributed by atoms with van der Waals surface area (Å²) in [6.07, 6.45) is 1.62. The summed E-state index contributed by atoms with van der Waals surface area (Å²) >= 11 is 3.17. The molecule has 1 rings (SSSR count). The Morgan fingerprint density at radius 2 is 2.58 bits per heavy atom. The monoisotopic (exact) mass is 233 g/mol. The lowest BCUT2D eigenvalue weighted by Gasteiger charge is -1.97. The van der Waals surface area contributed by atoms with Gasteiger partial charge in [-0.1, -0.05) is 0 Å². The summed E-state index contributed by atoms with van der Waals surface area (Å²) in [5.74, 6) is 0.00361. The Morgan fingerprint density at radius 1 is 1.92 bits per heavy atom. The van der Waals surface area contributed by atoms with Crippen LogP contribution in [-0.4, -0.2) is 22.9 Å². The summed E-state index contributed by atoms with van der Waals surface area (Å²) in [5, 5.41) is 3.84. The van der Waals surface area contributed by atoms with Crippen molar-refractivity contribution in [3.8, 4) is 0 Å². The number of hydrogen-bond acceptors (Lipinski definition) is 4. The Balaban J connectivity index is 2.70. The highest BCUT2D eigenvalue weighted by Gasteiger charge is 2.05. The Bertz CT molecular complexity index is 277. The maximum atomic E-state index is 10.8. The number of methoxy groups -OCH3 is 1. The van der Waals surface area contributed by atoms with Crippen molar-refractivity contribution < 1.29 is 9.53 Å². The molecule has 0 aromatic carbocycles. The summed E-state index contributed by atoms with van der Waals surface area (Å²) in [4.78, 5) is 10.8. The Kier molecular flexibility index (Phi) is 2.69. The van der Waals surface area contributed by atoms with Gasteiger partial charge in [0.25, 0.3) is 0 Å². The molecule has 1 aromatic rings. The van der Waals surface area contributed by atoms with Crippen molar-refractivity contribution >= 4 is 27.7 Å². The largest absolute Gasteiger partial charge is 0.468 e. The van der Waals surface area contributed by atoms with E-state index in [4.69, 9.17) is 5.73 Å². The third kappa shape index (κ3) is 1.97. The average Bonchev–Trinajstić information content (AvgIpc) is 2.31. The van der Waals surface area contributed by atoms with Crippen LogP contribution in [0.1, 0.15) is 0 Å². The van der Waals surface area contributed by atoms with Gasteiger partial charge in [0.15, 0.2) is 5.82 Å². The standard InChI is InChI=1S/C6H8BrN3O2/c1-12-5(11)3-10-2-4(7)6(8)9-10/h2H,3H2,1H3,(H2,8,9). The van der Waals surface area contributed by atoms with Gasteiger partial charge >= 0.3 is 5.97 Å². The zero-order valence-electron chi connectivity index (χ0n) is 6.45. The molecule has 2 N–H and O–H groups in total. The van der Waals surface area contributed by atoms with E-state index in [0.29, 0.717) is 10.3 Å². The molecule has 0 aliphatic carbocycles. The molecule has 1 heterocycles. The molecule has 0 aliphatic rings. The second kappa shape index (κ2) is 3.57. The Hall–Kier alpha value is -1.04. The Morgan fingerprint density at radius 3 is 3.00 bits per heavy atom. The van der Waals surface area contributed by atoms with Gasteiger partial charge in [-0.05, 0) is 15.9 Å². The number of carbonyl (C=O) groups is 1. The minimum atomic E-state index is -0.356. The van der Waals surface area contributed by atoms with Gasteiger partial charge in [-0.15, -0.1) is 0 Å². The number of rotatable bonds is 2. The number of nitrogen functional groups attached to an aromatic ring is 1. The first-order chi connectivity index (χ1) is 5.63. The molecule has 5 nitrogen and oxygen atoms in total. The minimum Gasteiger partial charge on any atom is -0.468 e. The normalized spacial score (nSPS) is 9.83. The number of esters is 1. The first kappa shape index (κ1) is 9.05. The van der Waals surface area contributed by atoms with Crippen molar-refractivity contribution in [3.05, 3.63) is 10.7 Å². The Labute approximate surface area is 77.6 Å². The van der Waals surface area contributed by atoms with Crippen LogP contribution in [0.25, 0.3) is 0 Å². The number of halogens is 1. The lowest BCUT2D eigenvalue weighted by Crippen LogP contribution is -2.11. The molecule has 0 fully saturated rings. The van der Waals surface area contributed by atoms with Crippen molar-refractivity contribution in [2.45, 2.75) is 6.54 Å². The molecule has 0 amide bonds. The molecule has 0 radical (unpaired) electrons. The molecule has 66 valence electrons. The fourth-order valence-electron chi connectivity index (χ4n) is 0.690. The van der Waals surface area contributed by atoms with E-state index >= 15 is 0 Å². The number of hydrogen-bond donors (Lipinski definition) is 1. The number of carbonyl (C=O) groups excluding carboxylic acids is 1. The summed E-state index contributed by atoms with van der Waals surface area (Å²) in [7, 11) is 1.32. The molecule has 12 heavy (non-hydrogen) atoms. The number of ether oxygens (including phenoxy) is 1. The molecular weight excluding hydrogens is 226 g/mol. The molecule has 0 unspecified atom stereocenters. The maximum Gasteiger partial charge on any atom is 0.327 e. The van der Waals surface area contributed by atoms with Gasteiger partial charge in [0, 0.05) is 6.20 Å². The summed E-state index contributed by atoms with van der Waals surface area (Å²) < 4.78 is 6.53. The number of nitrogens with two attached hydrogens (primary N) is 1. The van der Waals surface area contributed by atoms with Crippen LogP contribution in [0.5, 0.6) is 0 Å². The number of nitrogens with zero attached hydrogens (tertiary/aromatic N) is 2. The van der Waals surface area contributed by atoms with E-state index in [1.54, 1.807) is 6.20 Å². The lowest BCUT2D eigenvalue weighted by molar-refractivity contribution is -0.141. The number of aromatic nitrogens is 2. The van der Waals surface area contributed by atoms with Crippen molar-refractivity contribution in [1.82, 2.24) is 9.78 Å². The highest BCUT2D eigenvalue weighted by atomic mass is 79.9. The second-order valence-electron chi connectivity index (χ2n) is 2.14. The molecular formula is C6H8BrN3O2. The molecule has 0 saturated carbocycles. The fraction of sp³-hybridized carbons (Fsp3) is 0.333. The van der Waals surface area contributed by atoms with E-state index in [2.05, 4.69) is 25.8 Å². The lowest BCUT2D eigenvalue weighted by atomic mass is 10.6. The fourth-order valence-corrected chi connectivity index (χ4v) is 1.01. The highest BCUT2D eigenvalue weighted by molar-refractivity contribution is 9.10. The third-order valence-corrected chi connectivity index (χ3v) is 1.87. The molecule has 0 atom stereocenters. The van der Waals surface area contributed by atoms with Crippen molar-refractivity contribution in [1.29, 1.82) is 0 Å². The molecule has 0 saturated heterocycles. The first-order valence-electron chi connectivity index (χ1n) is 3.18. The SMILES string of the molecule is COC(=O)Cn1cc(Br)c(N)n1. The van der Waals surface area contributed by atoms with Gasteiger partial charge in [-0.25, -0.2) is 0 Å². The van der Waals surface area contributed by atoms with Crippen LogP contribution in [0.15, 0.2) is 10.7 Å². The number of anilines is 1. The van der Waals surface area contributed by atoms with Crippen LogP contribution in [0.3, 0.4) is 0 Å². The highest BCUT2D eigenvalue weighted by Crippen LogP contribution is 2.15. The van der Waals surface area contributed by atoms with Gasteiger partial charge < -0.3 is 10.5 Å². The summed E-state index contributed by atoms with van der Waals surface area (Å²) in [6.45, 7) is 0.0757. The van der Waals surface area contributed by atoms with Gasteiger partial charge in [-0.3, -0.25) is 9.48 Å². The van der Waals surface area contributed by atoms with E-state index < -0.39 is 0 Å². The van der Waals surface area contributed by atoms with Crippen LogP contribution in [0.2, 0.25) is 0 Å². The zero-order chi connectivity index (χ0) is 9.14. The van der Waals surface area contributed by atoms with Crippen LogP contribution in [0, 0.1) is 0 Å². The van der Waals surface area contributed by atoms with E-state index in [1.165, 1.54) is 11.8 Å². The van der Waals surface area contributed by atoms with E-state index in [9.17, 15) is 4.79 Å². The van der Waals surface area contributed by atoms with Gasteiger partial charge in [0.1, 0.15) is 6.54 Å². The predicted molar refractivity (Wildman–Crippen MR) is 46.4 cm³/mol. The van der Waals surface area contributed by atoms with Crippen LogP contribution in [-0.2, 0) is 16.1 Å². The molecule has 0 bridgehead atoms. The molecule has 6 heteroatoms. The van der Waals surface area contributed by atoms with E-state index in [1.807, 2.05) is 0 Å². The first-order valence-corrected chi connectivity index (χ1v) is 3.98. The van der Waals surface area contributed by atoms with Crippen molar-refractivity contribution in [3.63, 3.8) is 0 Å². The van der Waals surface area contributed by atoms with Crippen molar-refractivity contribution in [2.24, 2.45) is 0 Å². The third-order valence-electron chi connectivity index (χ3n) is 1.26. The van der Waals surface area contributed by atoms with Crippen LogP contribution < -0.4 is 5.73 Å². The van der Waals surface area contributed by atoms with Crippen LogP contribution in [0.4, 0.5) is 5.82 Å². The van der Waals surface area contributed by atoms with E-state index in [-0.39, 0.29) is 12.5 Å². The topological polar surface area (TPSA) is 70.1 Å². The average molecular weight is 234 g/mol. The molecule has 0 spiro atoms. The summed E-state index contributed by atoms with van der Waals surface area (Å²) in [5.41, 5.74) is 5.43. The van der Waals surface area contributed by atoms with Gasteiger partial charge in [0.2, 0.25) is 0 Å². The second-order valence-corrected chi connectivity index (χ2v) is 2.99. The molecule has 1 aromatic heterocycles. The summed E-state index contributed by atoms with van der Waals surface area (Å²) in [6, 6.07) is 0. The smallest absolute Gasteiger partial charge is 0.327 e. The predicted octanol–water partition coefficient (Wildman–Crippen LogP) is 0.401. The van der Waals surface area contributed by atoms with Gasteiger partial charge in [0.05, 0.1) is 11.6 Å². The molecule has 0 aliphatic heterocycles. The van der Waals surface area contributed by atoms with Gasteiger partial charge in [-0.2, -0.15) is 5.10 Å². The quantitative estimate of drug-likeness (QED) is 0.752. The maximum absolute atomic E-state index is 10.8. The van der Waals surface area contributed by atoms with Crippen LogP contribution >= 0.6 is 15.9 Å². The van der Waals surface area contributed by atoms with Crippen molar-refractivity contribution in [2.75, 3.05) is 12.8 Å². The van der Waals surface area contributed by atoms with E-state index in [0.717, 1.165) is 0 Å². The minimum absolute atomic E-state index is 0.0757.